The van der Waals surface area contributed by atoms with E-state index in [1.165, 1.54) is 23.6 Å². The van der Waals surface area contributed by atoms with Crippen LogP contribution in [0.3, 0.4) is 0 Å². The highest BCUT2D eigenvalue weighted by Gasteiger charge is 2.29. The quantitative estimate of drug-likeness (QED) is 0.486. The number of nitrogens with zero attached hydrogens (tertiary/aromatic N) is 1. The summed E-state index contributed by atoms with van der Waals surface area (Å²) in [4.78, 5) is 12.9. The number of morpholine rings is 1. The zero-order chi connectivity index (χ0) is 24.7. The molecule has 4 rings (SSSR count). The van der Waals surface area contributed by atoms with Crippen LogP contribution >= 0.6 is 0 Å². The lowest BCUT2D eigenvalue weighted by Crippen LogP contribution is -2.40. The Balaban J connectivity index is 1.56. The lowest BCUT2D eigenvalue weighted by atomic mass is 9.98. The molecular weight excluding hydrogens is 464 g/mol. The lowest BCUT2D eigenvalue weighted by Gasteiger charge is -2.26. The summed E-state index contributed by atoms with van der Waals surface area (Å²) in [5.74, 6) is -0.0394. The third kappa shape index (κ3) is 5.97. The molecule has 1 amide bonds. The number of carbonyl (C=O) groups excluding carboxylic acids is 1. The van der Waals surface area contributed by atoms with Crippen LogP contribution in [0, 0.1) is 0 Å². The molecule has 1 fully saturated rings. The summed E-state index contributed by atoms with van der Waals surface area (Å²) in [5.41, 5.74) is 2.50. The van der Waals surface area contributed by atoms with Crippen LogP contribution in [0.2, 0.25) is 0 Å². The fourth-order valence-electron chi connectivity index (χ4n) is 3.94. The van der Waals surface area contributed by atoms with Gasteiger partial charge in [0, 0.05) is 19.2 Å². The largest absolute Gasteiger partial charge is 0.495 e. The van der Waals surface area contributed by atoms with Crippen LogP contribution in [0.25, 0.3) is 6.08 Å². The van der Waals surface area contributed by atoms with Gasteiger partial charge in [-0.3, -0.25) is 4.79 Å². The first kappa shape index (κ1) is 24.7. The maximum absolute atomic E-state index is 13.2. The standard InChI is InChI=1S/C27H28N2O5S/c1-33-24-14-12-21(20-25(24)35(31,32)29-16-18-34-19-17-29)13-15-26(30)28-27(22-8-4-2-5-9-22)23-10-6-3-7-11-23/h2-15,20,27H,16-19H2,1H3,(H,28,30)/b15-13+. The molecule has 1 saturated heterocycles. The van der Waals surface area contributed by atoms with Gasteiger partial charge in [0.25, 0.3) is 0 Å². The number of hydrogen-bond acceptors (Lipinski definition) is 5. The average Bonchev–Trinajstić information content (AvgIpc) is 2.92. The van der Waals surface area contributed by atoms with Gasteiger partial charge in [-0.15, -0.1) is 0 Å². The summed E-state index contributed by atoms with van der Waals surface area (Å²) in [6.07, 6.45) is 3.01. The molecule has 0 unspecified atom stereocenters. The number of ether oxygens (including phenoxy) is 2. The minimum Gasteiger partial charge on any atom is -0.495 e. The van der Waals surface area contributed by atoms with Crippen molar-refractivity contribution in [3.05, 3.63) is 102 Å². The Hall–Kier alpha value is -3.46. The van der Waals surface area contributed by atoms with Gasteiger partial charge in [0.2, 0.25) is 15.9 Å². The van der Waals surface area contributed by atoms with Crippen molar-refractivity contribution in [2.75, 3.05) is 33.4 Å². The molecule has 1 aliphatic rings. The molecule has 3 aromatic rings. The van der Waals surface area contributed by atoms with Crippen molar-refractivity contribution in [3.8, 4) is 5.75 Å². The molecule has 8 heteroatoms. The Morgan fingerprint density at radius 3 is 2.14 bits per heavy atom. The molecule has 0 radical (unpaired) electrons. The summed E-state index contributed by atoms with van der Waals surface area (Å²) in [6.45, 7) is 1.28. The van der Waals surface area contributed by atoms with Gasteiger partial charge < -0.3 is 14.8 Å². The Labute approximate surface area is 206 Å². The van der Waals surface area contributed by atoms with E-state index in [2.05, 4.69) is 5.32 Å². The number of amides is 1. The Kier molecular flexibility index (Phi) is 7.97. The van der Waals surface area contributed by atoms with Crippen LogP contribution in [0.15, 0.2) is 89.8 Å². The SMILES string of the molecule is COc1ccc(/C=C/C(=O)NC(c2ccccc2)c2ccccc2)cc1S(=O)(=O)N1CCOCC1. The fourth-order valence-corrected chi connectivity index (χ4v) is 5.54. The van der Waals surface area contributed by atoms with Gasteiger partial charge in [0.1, 0.15) is 10.6 Å². The molecule has 7 nitrogen and oxygen atoms in total. The smallest absolute Gasteiger partial charge is 0.246 e. The highest BCUT2D eigenvalue weighted by molar-refractivity contribution is 7.89. The van der Waals surface area contributed by atoms with E-state index in [-0.39, 0.29) is 35.7 Å². The van der Waals surface area contributed by atoms with Crippen molar-refractivity contribution < 1.29 is 22.7 Å². The van der Waals surface area contributed by atoms with Crippen LogP contribution in [0.4, 0.5) is 0 Å². The van der Waals surface area contributed by atoms with E-state index < -0.39 is 10.0 Å². The molecule has 0 saturated carbocycles. The average molecular weight is 493 g/mol. The van der Waals surface area contributed by atoms with E-state index in [1.807, 2.05) is 60.7 Å². The number of hydrogen-bond donors (Lipinski definition) is 1. The number of rotatable bonds is 8. The topological polar surface area (TPSA) is 84.9 Å². The zero-order valence-corrected chi connectivity index (χ0v) is 20.3. The molecular formula is C27H28N2O5S. The minimum atomic E-state index is -3.76. The van der Waals surface area contributed by atoms with E-state index >= 15 is 0 Å². The van der Waals surface area contributed by atoms with E-state index in [9.17, 15) is 13.2 Å². The van der Waals surface area contributed by atoms with Gasteiger partial charge in [-0.1, -0.05) is 66.7 Å². The normalized spacial score (nSPS) is 14.8. The van der Waals surface area contributed by atoms with Crippen molar-refractivity contribution in [3.63, 3.8) is 0 Å². The Morgan fingerprint density at radius 2 is 1.57 bits per heavy atom. The summed E-state index contributed by atoms with van der Waals surface area (Å²) in [6, 6.07) is 24.0. The van der Waals surface area contributed by atoms with Crippen LogP contribution in [-0.4, -0.2) is 52.0 Å². The van der Waals surface area contributed by atoms with Gasteiger partial charge in [-0.25, -0.2) is 8.42 Å². The number of benzene rings is 3. The first-order valence-corrected chi connectivity index (χ1v) is 12.8. The minimum absolute atomic E-state index is 0.0657. The van der Waals surface area contributed by atoms with Gasteiger partial charge >= 0.3 is 0 Å². The first-order valence-electron chi connectivity index (χ1n) is 11.3. The van der Waals surface area contributed by atoms with Crippen molar-refractivity contribution >= 4 is 22.0 Å². The molecule has 1 heterocycles. The highest BCUT2D eigenvalue weighted by atomic mass is 32.2. The van der Waals surface area contributed by atoms with E-state index in [0.717, 1.165) is 11.1 Å². The van der Waals surface area contributed by atoms with E-state index in [4.69, 9.17) is 9.47 Å². The van der Waals surface area contributed by atoms with Gasteiger partial charge in [0.15, 0.2) is 0 Å². The number of methoxy groups -OCH3 is 1. The monoisotopic (exact) mass is 492 g/mol. The maximum Gasteiger partial charge on any atom is 0.246 e. The highest BCUT2D eigenvalue weighted by Crippen LogP contribution is 2.29. The number of nitrogens with one attached hydrogen (secondary N) is 1. The van der Waals surface area contributed by atoms with E-state index in [1.54, 1.807) is 18.2 Å². The number of carbonyl (C=O) groups is 1. The van der Waals surface area contributed by atoms with Crippen LogP contribution in [0.1, 0.15) is 22.7 Å². The van der Waals surface area contributed by atoms with Crippen molar-refractivity contribution in [2.45, 2.75) is 10.9 Å². The first-order chi connectivity index (χ1) is 17.0. The molecule has 1 aliphatic heterocycles. The molecule has 35 heavy (non-hydrogen) atoms. The molecule has 0 atom stereocenters. The summed E-state index contributed by atoms with van der Waals surface area (Å²) in [5, 5.41) is 3.05. The van der Waals surface area contributed by atoms with E-state index in [0.29, 0.717) is 18.8 Å². The number of sulfonamides is 1. The fraction of sp³-hybridized carbons (Fsp3) is 0.222. The Morgan fingerprint density at radius 1 is 0.971 bits per heavy atom. The second kappa shape index (κ2) is 11.3. The molecule has 1 N–H and O–H groups in total. The van der Waals surface area contributed by atoms with Gasteiger partial charge in [-0.05, 0) is 34.9 Å². The molecule has 0 aliphatic carbocycles. The molecule has 0 bridgehead atoms. The van der Waals surface area contributed by atoms with Crippen molar-refractivity contribution in [1.29, 1.82) is 0 Å². The third-order valence-electron chi connectivity index (χ3n) is 5.76. The van der Waals surface area contributed by atoms with Crippen LogP contribution in [-0.2, 0) is 19.6 Å². The van der Waals surface area contributed by atoms with Crippen molar-refractivity contribution in [1.82, 2.24) is 9.62 Å². The second-order valence-corrected chi connectivity index (χ2v) is 9.93. The van der Waals surface area contributed by atoms with Crippen LogP contribution in [0.5, 0.6) is 5.75 Å². The van der Waals surface area contributed by atoms with Gasteiger partial charge in [-0.2, -0.15) is 4.31 Å². The zero-order valence-electron chi connectivity index (χ0n) is 19.5. The Bertz CT molecular complexity index is 1230. The molecule has 0 spiro atoms. The van der Waals surface area contributed by atoms with Gasteiger partial charge in [0.05, 0.1) is 26.4 Å². The summed E-state index contributed by atoms with van der Waals surface area (Å²) >= 11 is 0. The molecule has 0 aromatic heterocycles. The summed E-state index contributed by atoms with van der Waals surface area (Å²) < 4.78 is 38.4. The predicted molar refractivity (Wildman–Crippen MR) is 134 cm³/mol. The molecule has 182 valence electrons. The van der Waals surface area contributed by atoms with Crippen LogP contribution < -0.4 is 10.1 Å². The summed E-state index contributed by atoms with van der Waals surface area (Å²) in [7, 11) is -2.33. The predicted octanol–water partition coefficient (Wildman–Crippen LogP) is 3.64. The molecule has 3 aromatic carbocycles. The maximum atomic E-state index is 13.2. The lowest BCUT2D eigenvalue weighted by molar-refractivity contribution is -0.116. The third-order valence-corrected chi connectivity index (χ3v) is 7.67. The second-order valence-electron chi connectivity index (χ2n) is 8.02. The van der Waals surface area contributed by atoms with Crippen molar-refractivity contribution in [2.24, 2.45) is 0 Å².